The SMILES string of the molecule is O=C(CO/N=C/C(F)(F)F)N1CCC(c2nc(C3OCc4cccc(F)c4CO3)cs2)CC1. The van der Waals surface area contributed by atoms with Gasteiger partial charge in [-0.15, -0.1) is 11.3 Å². The van der Waals surface area contributed by atoms with Crippen molar-refractivity contribution in [1.29, 1.82) is 0 Å². The largest absolute Gasteiger partial charge is 0.429 e. The molecule has 33 heavy (non-hydrogen) atoms. The normalized spacial score (nSPS) is 20.0. The van der Waals surface area contributed by atoms with E-state index in [0.717, 1.165) is 10.6 Å². The van der Waals surface area contributed by atoms with Crippen molar-refractivity contribution in [3.8, 4) is 0 Å². The number of piperidine rings is 1. The number of rotatable bonds is 5. The van der Waals surface area contributed by atoms with Crippen LogP contribution in [0.15, 0.2) is 28.7 Å². The standard InChI is InChI=1S/C21H21F4N3O4S/c22-16-3-1-2-14-8-30-20(31-9-15(14)16)17-11-33-19(27-17)13-4-6-28(7-5-13)18(29)10-32-26-12-21(23,24)25/h1-3,11-13,20H,4-10H2/b26-12+. The zero-order chi connectivity index (χ0) is 23.4. The molecule has 2 aliphatic rings. The maximum absolute atomic E-state index is 14.0. The average molecular weight is 487 g/mol. The number of carbonyl (C=O) groups excluding carboxylic acids is 1. The molecule has 0 radical (unpaired) electrons. The van der Waals surface area contributed by atoms with Gasteiger partial charge in [-0.05, 0) is 24.5 Å². The van der Waals surface area contributed by atoms with Crippen LogP contribution in [0.5, 0.6) is 0 Å². The summed E-state index contributed by atoms with van der Waals surface area (Å²) in [7, 11) is 0. The predicted molar refractivity (Wildman–Crippen MR) is 110 cm³/mol. The van der Waals surface area contributed by atoms with Gasteiger partial charge < -0.3 is 19.2 Å². The molecular weight excluding hydrogens is 466 g/mol. The van der Waals surface area contributed by atoms with Crippen LogP contribution in [0.25, 0.3) is 0 Å². The Morgan fingerprint density at radius 3 is 2.79 bits per heavy atom. The van der Waals surface area contributed by atoms with Crippen LogP contribution in [-0.2, 0) is 32.3 Å². The van der Waals surface area contributed by atoms with Gasteiger partial charge in [-0.2, -0.15) is 13.2 Å². The molecule has 1 fully saturated rings. The van der Waals surface area contributed by atoms with Crippen LogP contribution in [0.1, 0.15) is 46.9 Å². The molecule has 178 valence electrons. The number of carbonyl (C=O) groups is 1. The molecule has 1 atom stereocenters. The summed E-state index contributed by atoms with van der Waals surface area (Å²) in [4.78, 5) is 22.7. The third-order valence-corrected chi connectivity index (χ3v) is 6.45. The van der Waals surface area contributed by atoms with Gasteiger partial charge in [0, 0.05) is 30.0 Å². The first-order valence-electron chi connectivity index (χ1n) is 10.3. The molecule has 0 spiro atoms. The number of ether oxygens (including phenoxy) is 2. The Balaban J connectivity index is 1.27. The topological polar surface area (TPSA) is 73.2 Å². The van der Waals surface area contributed by atoms with Gasteiger partial charge in [-0.3, -0.25) is 4.79 Å². The van der Waals surface area contributed by atoms with E-state index in [1.54, 1.807) is 12.1 Å². The van der Waals surface area contributed by atoms with E-state index in [9.17, 15) is 22.4 Å². The van der Waals surface area contributed by atoms with Crippen molar-refractivity contribution in [2.24, 2.45) is 5.16 Å². The lowest BCUT2D eigenvalue weighted by atomic mass is 9.97. The van der Waals surface area contributed by atoms with Crippen molar-refractivity contribution >= 4 is 23.5 Å². The zero-order valence-corrected chi connectivity index (χ0v) is 18.2. The Kier molecular flexibility index (Phi) is 7.25. The molecule has 3 heterocycles. The third kappa shape index (κ3) is 6.06. The minimum Gasteiger partial charge on any atom is -0.386 e. The minimum atomic E-state index is -4.58. The van der Waals surface area contributed by atoms with E-state index in [4.69, 9.17) is 9.47 Å². The third-order valence-electron chi connectivity index (χ3n) is 5.42. The number of hydrogen-bond acceptors (Lipinski definition) is 7. The maximum Gasteiger partial charge on any atom is 0.429 e. The summed E-state index contributed by atoms with van der Waals surface area (Å²) < 4.78 is 61.5. The van der Waals surface area contributed by atoms with Crippen molar-refractivity contribution in [3.63, 3.8) is 0 Å². The second-order valence-electron chi connectivity index (χ2n) is 7.65. The van der Waals surface area contributed by atoms with Crippen molar-refractivity contribution < 1.29 is 36.7 Å². The fourth-order valence-corrected chi connectivity index (χ4v) is 4.69. The second-order valence-corrected chi connectivity index (χ2v) is 8.54. The van der Waals surface area contributed by atoms with E-state index < -0.39 is 25.0 Å². The van der Waals surface area contributed by atoms with E-state index in [1.165, 1.54) is 22.3 Å². The number of thiazole rings is 1. The molecule has 4 rings (SSSR count). The Bertz CT molecular complexity index is 1010. The molecule has 0 N–H and O–H groups in total. The van der Waals surface area contributed by atoms with Crippen LogP contribution in [0.2, 0.25) is 0 Å². The van der Waals surface area contributed by atoms with E-state index in [2.05, 4.69) is 15.0 Å². The fourth-order valence-electron chi connectivity index (χ4n) is 3.70. The molecule has 1 amide bonds. The Hall–Kier alpha value is -2.57. The van der Waals surface area contributed by atoms with Crippen molar-refractivity contribution in [3.05, 3.63) is 51.2 Å². The summed E-state index contributed by atoms with van der Waals surface area (Å²) in [5.41, 5.74) is 1.86. The van der Waals surface area contributed by atoms with E-state index >= 15 is 0 Å². The summed E-state index contributed by atoms with van der Waals surface area (Å²) in [6, 6.07) is 4.83. The molecule has 0 saturated carbocycles. The number of likely N-dealkylation sites (tertiary alicyclic amines) is 1. The smallest absolute Gasteiger partial charge is 0.386 e. The first-order chi connectivity index (χ1) is 15.8. The lowest BCUT2D eigenvalue weighted by Crippen LogP contribution is -2.39. The highest BCUT2D eigenvalue weighted by Crippen LogP contribution is 2.34. The number of alkyl halides is 3. The van der Waals surface area contributed by atoms with Gasteiger partial charge in [-0.1, -0.05) is 17.3 Å². The van der Waals surface area contributed by atoms with E-state index in [0.29, 0.717) is 37.2 Å². The molecule has 0 aliphatic carbocycles. The monoisotopic (exact) mass is 487 g/mol. The van der Waals surface area contributed by atoms with Crippen molar-refractivity contribution in [2.45, 2.75) is 44.4 Å². The minimum absolute atomic E-state index is 0.0924. The molecule has 1 aromatic heterocycles. The predicted octanol–water partition coefficient (Wildman–Crippen LogP) is 4.30. The van der Waals surface area contributed by atoms with Gasteiger partial charge in [0.15, 0.2) is 6.61 Å². The fraction of sp³-hybridized carbons (Fsp3) is 0.476. The molecule has 0 bridgehead atoms. The number of halogens is 4. The lowest BCUT2D eigenvalue weighted by Gasteiger charge is -2.30. The van der Waals surface area contributed by atoms with Gasteiger partial charge in [0.25, 0.3) is 5.91 Å². The number of aromatic nitrogens is 1. The van der Waals surface area contributed by atoms with Crippen LogP contribution in [-0.4, -0.2) is 47.9 Å². The lowest BCUT2D eigenvalue weighted by molar-refractivity contribution is -0.155. The number of amides is 1. The quantitative estimate of drug-likeness (QED) is 0.357. The summed E-state index contributed by atoms with van der Waals surface area (Å²) in [6.07, 6.45) is -4.26. The molecule has 7 nitrogen and oxygen atoms in total. The molecule has 2 aliphatic heterocycles. The molecule has 1 saturated heterocycles. The van der Waals surface area contributed by atoms with Crippen LogP contribution in [0.3, 0.4) is 0 Å². The number of hydrogen-bond donors (Lipinski definition) is 0. The molecule has 1 unspecified atom stereocenters. The summed E-state index contributed by atoms with van der Waals surface area (Å²) in [6.45, 7) is 0.652. The Morgan fingerprint density at radius 1 is 1.27 bits per heavy atom. The highest BCUT2D eigenvalue weighted by molar-refractivity contribution is 7.09. The van der Waals surface area contributed by atoms with Gasteiger partial charge in [-0.25, -0.2) is 9.37 Å². The van der Waals surface area contributed by atoms with Gasteiger partial charge in [0.05, 0.1) is 18.2 Å². The maximum atomic E-state index is 14.0. The van der Waals surface area contributed by atoms with Gasteiger partial charge >= 0.3 is 6.18 Å². The van der Waals surface area contributed by atoms with E-state index in [-0.39, 0.29) is 31.2 Å². The van der Waals surface area contributed by atoms with Crippen LogP contribution < -0.4 is 0 Å². The van der Waals surface area contributed by atoms with Gasteiger partial charge in [0.1, 0.15) is 17.7 Å². The van der Waals surface area contributed by atoms with E-state index in [1.807, 2.05) is 5.38 Å². The van der Waals surface area contributed by atoms with Crippen LogP contribution in [0.4, 0.5) is 17.6 Å². The highest BCUT2D eigenvalue weighted by Gasteiger charge is 2.29. The Morgan fingerprint density at radius 2 is 2.03 bits per heavy atom. The number of nitrogens with zero attached hydrogens (tertiary/aromatic N) is 3. The highest BCUT2D eigenvalue weighted by atomic mass is 32.1. The summed E-state index contributed by atoms with van der Waals surface area (Å²) in [5, 5.41) is 5.51. The number of oxime groups is 1. The van der Waals surface area contributed by atoms with Gasteiger partial charge in [0.2, 0.25) is 6.29 Å². The van der Waals surface area contributed by atoms with Crippen molar-refractivity contribution in [1.82, 2.24) is 9.88 Å². The number of fused-ring (bicyclic) bond motifs is 1. The molecule has 12 heteroatoms. The molecular formula is C21H21F4N3O4S. The summed E-state index contributed by atoms with van der Waals surface area (Å²) >= 11 is 1.47. The van der Waals surface area contributed by atoms with Crippen molar-refractivity contribution in [2.75, 3.05) is 19.7 Å². The summed E-state index contributed by atoms with van der Waals surface area (Å²) in [5.74, 6) is -0.605. The van der Waals surface area contributed by atoms with Crippen LogP contribution >= 0.6 is 11.3 Å². The Labute approximate surface area is 190 Å². The van der Waals surface area contributed by atoms with Crippen LogP contribution in [0, 0.1) is 5.82 Å². The average Bonchev–Trinajstić information content (AvgIpc) is 3.17. The first-order valence-corrected chi connectivity index (χ1v) is 11.1. The molecule has 1 aromatic carbocycles. The second kappa shape index (κ2) is 10.1. The molecule has 2 aromatic rings. The zero-order valence-electron chi connectivity index (χ0n) is 17.4. The number of benzene rings is 1. The first kappa shape index (κ1) is 23.6.